The van der Waals surface area contributed by atoms with Gasteiger partial charge in [-0.15, -0.1) is 0 Å². The van der Waals surface area contributed by atoms with Gasteiger partial charge in [-0.3, -0.25) is 9.22 Å². The fourth-order valence-corrected chi connectivity index (χ4v) is 4.77. The van der Waals surface area contributed by atoms with Crippen LogP contribution in [0.15, 0.2) is 0 Å². The maximum absolute atomic E-state index is 9.89. The summed E-state index contributed by atoms with van der Waals surface area (Å²) >= 11 is 0. The van der Waals surface area contributed by atoms with Crippen LogP contribution in [0.5, 0.6) is 0 Å². The van der Waals surface area contributed by atoms with Crippen molar-refractivity contribution in [3.63, 3.8) is 0 Å². The number of likely N-dealkylation sites (tertiary alicyclic amines) is 1. The van der Waals surface area contributed by atoms with E-state index < -0.39 is 5.79 Å². The molecule has 25 heavy (non-hydrogen) atoms. The van der Waals surface area contributed by atoms with Crippen molar-refractivity contribution in [3.8, 4) is 0 Å². The topological polar surface area (TPSA) is 38.7 Å². The molecule has 2 rings (SSSR count). The fourth-order valence-electron chi connectivity index (χ4n) is 4.77. The van der Waals surface area contributed by atoms with Crippen molar-refractivity contribution in [3.05, 3.63) is 0 Å². The van der Waals surface area contributed by atoms with Crippen molar-refractivity contribution in [1.82, 2.24) is 0 Å². The molecule has 4 heteroatoms. The molecule has 4 nitrogen and oxygen atoms in total. The molecular formula is C21H42NO3+. The van der Waals surface area contributed by atoms with E-state index in [4.69, 9.17) is 9.47 Å². The molecule has 0 saturated carbocycles. The van der Waals surface area contributed by atoms with Crippen molar-refractivity contribution in [2.45, 2.75) is 104 Å². The number of quaternary nitrogens is 1. The number of hydrogen-bond donors (Lipinski definition) is 1. The third-order valence-electron chi connectivity index (χ3n) is 6.11. The van der Waals surface area contributed by atoms with Crippen molar-refractivity contribution < 1.29 is 19.1 Å². The first-order valence-corrected chi connectivity index (χ1v) is 10.8. The lowest BCUT2D eigenvalue weighted by molar-refractivity contribution is -0.961. The first-order chi connectivity index (χ1) is 12.0. The minimum absolute atomic E-state index is 0.0569. The number of hydrogen-bond acceptors (Lipinski definition) is 3. The minimum atomic E-state index is -0.515. The van der Waals surface area contributed by atoms with E-state index in [2.05, 4.69) is 13.8 Å². The van der Waals surface area contributed by atoms with Gasteiger partial charge in [0, 0.05) is 0 Å². The van der Waals surface area contributed by atoms with Crippen molar-refractivity contribution >= 4 is 0 Å². The van der Waals surface area contributed by atoms with E-state index in [9.17, 15) is 5.11 Å². The molecule has 0 radical (unpaired) electrons. The molecule has 148 valence electrons. The van der Waals surface area contributed by atoms with Crippen LogP contribution in [-0.4, -0.2) is 53.9 Å². The second-order valence-corrected chi connectivity index (χ2v) is 8.76. The lowest BCUT2D eigenvalue weighted by Crippen LogP contribution is -2.55. The van der Waals surface area contributed by atoms with Crippen LogP contribution >= 0.6 is 0 Å². The summed E-state index contributed by atoms with van der Waals surface area (Å²) in [6.45, 7) is 12.1. The standard InChI is InChI=1S/C21H42NO3/c1-5-7-9-10-11-12-13-15-22(14-8-6-2)16-18(17-23)19-20(22)25-21(3,4)24-19/h18-20,23H,5-17H2,1-4H3/q+1/t18-,19-,20+,22+/m1/s1. The number of aliphatic hydroxyl groups excluding tert-OH is 1. The molecule has 0 aromatic heterocycles. The van der Waals surface area contributed by atoms with Gasteiger partial charge in [0.25, 0.3) is 0 Å². The predicted octanol–water partition coefficient (Wildman–Crippen LogP) is 4.45. The second-order valence-electron chi connectivity index (χ2n) is 8.76. The number of rotatable bonds is 12. The molecule has 0 bridgehead atoms. The van der Waals surface area contributed by atoms with E-state index in [1.165, 1.54) is 64.3 Å². The van der Waals surface area contributed by atoms with E-state index in [1.807, 2.05) is 13.8 Å². The van der Waals surface area contributed by atoms with Crippen molar-refractivity contribution in [1.29, 1.82) is 0 Å². The van der Waals surface area contributed by atoms with Crippen LogP contribution in [0.4, 0.5) is 0 Å². The maximum Gasteiger partial charge on any atom is 0.223 e. The monoisotopic (exact) mass is 356 g/mol. The molecular weight excluding hydrogens is 314 g/mol. The molecule has 0 aromatic rings. The number of fused-ring (bicyclic) bond motifs is 1. The lowest BCUT2D eigenvalue weighted by Gasteiger charge is -2.39. The predicted molar refractivity (Wildman–Crippen MR) is 102 cm³/mol. The molecule has 1 N–H and O–H groups in total. The van der Waals surface area contributed by atoms with Crippen LogP contribution in [-0.2, 0) is 9.47 Å². The fraction of sp³-hybridized carbons (Fsp3) is 1.00. The van der Waals surface area contributed by atoms with Gasteiger partial charge in [-0.25, -0.2) is 0 Å². The summed E-state index contributed by atoms with van der Waals surface area (Å²) in [5.74, 6) is -0.299. The largest absolute Gasteiger partial charge is 0.396 e. The molecule has 2 heterocycles. The van der Waals surface area contributed by atoms with Crippen LogP contribution in [0.2, 0.25) is 0 Å². The number of nitrogens with zero attached hydrogens (tertiary/aromatic N) is 1. The molecule has 0 unspecified atom stereocenters. The molecule has 2 aliphatic rings. The molecule has 2 fully saturated rings. The van der Waals surface area contributed by atoms with Crippen LogP contribution in [0, 0.1) is 5.92 Å². The summed E-state index contributed by atoms with van der Waals surface area (Å²) in [6, 6.07) is 0. The van der Waals surface area contributed by atoms with Crippen molar-refractivity contribution in [2.24, 2.45) is 5.92 Å². The highest BCUT2D eigenvalue weighted by molar-refractivity contribution is 4.88. The Bertz CT molecular complexity index is 387. The van der Waals surface area contributed by atoms with Crippen LogP contribution < -0.4 is 0 Å². The molecule has 0 amide bonds. The Hall–Kier alpha value is -0.160. The second kappa shape index (κ2) is 9.68. The first-order valence-electron chi connectivity index (χ1n) is 10.8. The molecule has 4 atom stereocenters. The van der Waals surface area contributed by atoms with Gasteiger partial charge in [0.05, 0.1) is 32.2 Å². The minimum Gasteiger partial charge on any atom is -0.396 e. The van der Waals surface area contributed by atoms with Gasteiger partial charge in [-0.05, 0) is 33.1 Å². The summed E-state index contributed by atoms with van der Waals surface area (Å²) in [6.07, 6.45) is 12.0. The van der Waals surface area contributed by atoms with E-state index in [1.54, 1.807) is 0 Å². The normalized spacial score (nSPS) is 33.7. The van der Waals surface area contributed by atoms with Crippen LogP contribution in [0.25, 0.3) is 0 Å². The molecule has 2 saturated heterocycles. The molecule has 0 spiro atoms. The Morgan fingerprint density at radius 3 is 2.12 bits per heavy atom. The number of aliphatic hydroxyl groups is 1. The zero-order valence-corrected chi connectivity index (χ0v) is 17.1. The zero-order valence-electron chi connectivity index (χ0n) is 17.1. The van der Waals surface area contributed by atoms with E-state index in [0.29, 0.717) is 0 Å². The van der Waals surface area contributed by atoms with Gasteiger partial charge in [0.2, 0.25) is 6.23 Å². The molecule has 2 aliphatic heterocycles. The average Bonchev–Trinajstić information content (AvgIpc) is 3.04. The van der Waals surface area contributed by atoms with E-state index >= 15 is 0 Å². The summed E-state index contributed by atoms with van der Waals surface area (Å²) in [5.41, 5.74) is 0. The Morgan fingerprint density at radius 2 is 1.48 bits per heavy atom. The number of unbranched alkanes of at least 4 members (excludes halogenated alkanes) is 7. The lowest BCUT2D eigenvalue weighted by atomic mass is 10.1. The van der Waals surface area contributed by atoms with Crippen LogP contribution in [0.1, 0.15) is 85.5 Å². The van der Waals surface area contributed by atoms with E-state index in [-0.39, 0.29) is 24.9 Å². The van der Waals surface area contributed by atoms with Gasteiger partial charge in [0.15, 0.2) is 5.79 Å². The van der Waals surface area contributed by atoms with Gasteiger partial charge in [-0.1, -0.05) is 52.4 Å². The van der Waals surface area contributed by atoms with Crippen LogP contribution in [0.3, 0.4) is 0 Å². The Labute approximate surface area is 155 Å². The summed E-state index contributed by atoms with van der Waals surface area (Å²) in [4.78, 5) is 0. The highest BCUT2D eigenvalue weighted by atomic mass is 16.8. The Kier molecular flexibility index (Phi) is 8.19. The maximum atomic E-state index is 9.89. The Balaban J connectivity index is 1.94. The van der Waals surface area contributed by atoms with Gasteiger partial charge >= 0.3 is 0 Å². The third-order valence-corrected chi connectivity index (χ3v) is 6.11. The Morgan fingerprint density at radius 1 is 0.880 bits per heavy atom. The van der Waals surface area contributed by atoms with Gasteiger partial charge in [0.1, 0.15) is 6.10 Å². The summed E-state index contributed by atoms with van der Waals surface area (Å²) in [7, 11) is 0. The molecule has 0 aliphatic carbocycles. The summed E-state index contributed by atoms with van der Waals surface area (Å²) in [5, 5.41) is 9.89. The quantitative estimate of drug-likeness (QED) is 0.415. The smallest absolute Gasteiger partial charge is 0.223 e. The molecule has 0 aromatic carbocycles. The zero-order chi connectivity index (χ0) is 18.3. The highest BCUT2D eigenvalue weighted by Gasteiger charge is 2.61. The third kappa shape index (κ3) is 5.41. The van der Waals surface area contributed by atoms with Gasteiger partial charge < -0.3 is 9.84 Å². The highest BCUT2D eigenvalue weighted by Crippen LogP contribution is 2.44. The summed E-state index contributed by atoms with van der Waals surface area (Å²) < 4.78 is 13.6. The van der Waals surface area contributed by atoms with Crippen molar-refractivity contribution in [2.75, 3.05) is 26.2 Å². The SMILES string of the molecule is CCCCCCCCC[N@@+]1(CCCC)C[C@H](CO)[C@H]2OC(C)(C)O[C@@H]21. The van der Waals surface area contributed by atoms with Gasteiger partial charge in [-0.2, -0.15) is 0 Å². The average molecular weight is 357 g/mol. The number of ether oxygens (including phenoxy) is 2. The first kappa shape index (κ1) is 21.1. The van der Waals surface area contributed by atoms with E-state index in [0.717, 1.165) is 17.6 Å².